The second-order valence-electron chi connectivity index (χ2n) is 4.76. The Morgan fingerprint density at radius 1 is 1.52 bits per heavy atom. The van der Waals surface area contributed by atoms with E-state index in [1.807, 2.05) is 6.07 Å². The summed E-state index contributed by atoms with van der Waals surface area (Å²) in [4.78, 5) is 19.4. The standard InChI is InChI=1S/C14H12FN5O/c15-9-1-2-10(8(3-9)5-16)20-14(21)12-4-11-13(6-17-12)19-7-18-11/h1-3,7,12,17H,4,6H2,(H,18,19)(H,20,21). The van der Waals surface area contributed by atoms with Gasteiger partial charge in [-0.3, -0.25) is 10.1 Å². The molecule has 2 heterocycles. The van der Waals surface area contributed by atoms with Gasteiger partial charge in [0.1, 0.15) is 11.9 Å². The van der Waals surface area contributed by atoms with Crippen molar-refractivity contribution in [2.75, 3.05) is 5.32 Å². The Bertz CT molecular complexity index is 733. The molecule has 3 rings (SSSR count). The Balaban J connectivity index is 1.75. The summed E-state index contributed by atoms with van der Waals surface area (Å²) >= 11 is 0. The first-order valence-electron chi connectivity index (χ1n) is 6.42. The first-order valence-corrected chi connectivity index (χ1v) is 6.42. The van der Waals surface area contributed by atoms with Crippen LogP contribution in [0.3, 0.4) is 0 Å². The highest BCUT2D eigenvalue weighted by Crippen LogP contribution is 2.18. The lowest BCUT2D eigenvalue weighted by molar-refractivity contribution is -0.118. The van der Waals surface area contributed by atoms with Gasteiger partial charge < -0.3 is 10.3 Å². The number of amides is 1. The highest BCUT2D eigenvalue weighted by molar-refractivity contribution is 5.96. The number of nitrogens with zero attached hydrogens (tertiary/aromatic N) is 2. The third-order valence-corrected chi connectivity index (χ3v) is 3.41. The lowest BCUT2D eigenvalue weighted by atomic mass is 10.0. The monoisotopic (exact) mass is 285 g/mol. The molecule has 0 fully saturated rings. The number of anilines is 1. The Labute approximate surface area is 120 Å². The van der Waals surface area contributed by atoms with Crippen LogP contribution in [-0.4, -0.2) is 21.9 Å². The van der Waals surface area contributed by atoms with Crippen molar-refractivity contribution in [1.82, 2.24) is 15.3 Å². The highest BCUT2D eigenvalue weighted by atomic mass is 19.1. The van der Waals surface area contributed by atoms with E-state index < -0.39 is 11.9 Å². The lowest BCUT2D eigenvalue weighted by Gasteiger charge is -2.22. The molecular formula is C14H12FN5O. The predicted molar refractivity (Wildman–Crippen MR) is 72.7 cm³/mol. The van der Waals surface area contributed by atoms with E-state index in [0.717, 1.165) is 17.5 Å². The molecule has 7 heteroatoms. The quantitative estimate of drug-likeness (QED) is 0.769. The number of hydrogen-bond acceptors (Lipinski definition) is 4. The molecule has 0 spiro atoms. The van der Waals surface area contributed by atoms with E-state index in [1.54, 1.807) is 6.33 Å². The van der Waals surface area contributed by atoms with E-state index in [-0.39, 0.29) is 11.5 Å². The fraction of sp³-hybridized carbons (Fsp3) is 0.214. The van der Waals surface area contributed by atoms with Crippen molar-refractivity contribution in [1.29, 1.82) is 5.26 Å². The Morgan fingerprint density at radius 3 is 3.19 bits per heavy atom. The van der Waals surface area contributed by atoms with Gasteiger partial charge >= 0.3 is 0 Å². The summed E-state index contributed by atoms with van der Waals surface area (Å²) in [5, 5.41) is 14.7. The maximum atomic E-state index is 13.1. The average molecular weight is 285 g/mol. The van der Waals surface area contributed by atoms with Crippen molar-refractivity contribution < 1.29 is 9.18 Å². The largest absolute Gasteiger partial charge is 0.347 e. The molecule has 0 saturated carbocycles. The van der Waals surface area contributed by atoms with Crippen LogP contribution in [0.2, 0.25) is 0 Å². The summed E-state index contributed by atoms with van der Waals surface area (Å²) in [5.74, 6) is -0.784. The summed E-state index contributed by atoms with van der Waals surface area (Å²) < 4.78 is 13.1. The fourth-order valence-electron chi connectivity index (χ4n) is 2.29. The fourth-order valence-corrected chi connectivity index (χ4v) is 2.29. The third-order valence-electron chi connectivity index (χ3n) is 3.41. The van der Waals surface area contributed by atoms with E-state index in [2.05, 4.69) is 20.6 Å². The van der Waals surface area contributed by atoms with Crippen molar-refractivity contribution in [2.24, 2.45) is 0 Å². The van der Waals surface area contributed by atoms with Gasteiger partial charge in [0.2, 0.25) is 5.91 Å². The molecule has 1 atom stereocenters. The van der Waals surface area contributed by atoms with Crippen molar-refractivity contribution in [2.45, 2.75) is 19.0 Å². The number of carbonyl (C=O) groups excluding carboxylic acids is 1. The molecular weight excluding hydrogens is 273 g/mol. The van der Waals surface area contributed by atoms with Crippen LogP contribution in [0.1, 0.15) is 17.0 Å². The number of rotatable bonds is 2. The average Bonchev–Trinajstić information content (AvgIpc) is 2.96. The molecule has 2 aromatic rings. The predicted octanol–water partition coefficient (Wildman–Crippen LogP) is 1.07. The molecule has 3 N–H and O–H groups in total. The van der Waals surface area contributed by atoms with E-state index in [1.165, 1.54) is 12.1 Å². The molecule has 21 heavy (non-hydrogen) atoms. The number of imidazole rings is 1. The number of carbonyl (C=O) groups is 1. The van der Waals surface area contributed by atoms with Crippen LogP contribution < -0.4 is 10.6 Å². The minimum absolute atomic E-state index is 0.0969. The van der Waals surface area contributed by atoms with Crippen molar-refractivity contribution >= 4 is 11.6 Å². The molecule has 0 aliphatic carbocycles. The van der Waals surface area contributed by atoms with Crippen LogP contribution in [-0.2, 0) is 17.8 Å². The van der Waals surface area contributed by atoms with Gasteiger partial charge in [-0.2, -0.15) is 5.26 Å². The van der Waals surface area contributed by atoms with Gasteiger partial charge in [-0.15, -0.1) is 0 Å². The number of nitriles is 1. The Kier molecular flexibility index (Phi) is 3.38. The third kappa shape index (κ3) is 2.61. The number of aromatic amines is 1. The van der Waals surface area contributed by atoms with Gasteiger partial charge in [0, 0.05) is 13.0 Å². The maximum absolute atomic E-state index is 13.1. The van der Waals surface area contributed by atoms with E-state index in [0.29, 0.717) is 18.7 Å². The van der Waals surface area contributed by atoms with Crippen molar-refractivity contribution in [3.8, 4) is 6.07 Å². The van der Waals surface area contributed by atoms with Crippen LogP contribution in [0, 0.1) is 17.1 Å². The molecule has 1 aliphatic rings. The van der Waals surface area contributed by atoms with Crippen LogP contribution >= 0.6 is 0 Å². The van der Waals surface area contributed by atoms with Gasteiger partial charge in [0.15, 0.2) is 0 Å². The molecule has 106 valence electrons. The molecule has 1 unspecified atom stereocenters. The normalized spacial score (nSPS) is 16.9. The molecule has 0 saturated heterocycles. The van der Waals surface area contributed by atoms with E-state index >= 15 is 0 Å². The number of nitrogens with one attached hydrogen (secondary N) is 3. The van der Waals surface area contributed by atoms with Crippen LogP contribution in [0.15, 0.2) is 24.5 Å². The number of benzene rings is 1. The van der Waals surface area contributed by atoms with Crippen molar-refractivity contribution in [3.63, 3.8) is 0 Å². The van der Waals surface area contributed by atoms with Gasteiger partial charge in [-0.25, -0.2) is 9.37 Å². The Morgan fingerprint density at radius 2 is 2.38 bits per heavy atom. The van der Waals surface area contributed by atoms with Crippen LogP contribution in [0.4, 0.5) is 10.1 Å². The summed E-state index contributed by atoms with van der Waals surface area (Å²) in [6.45, 7) is 0.530. The number of H-pyrrole nitrogens is 1. The smallest absolute Gasteiger partial charge is 0.241 e. The lowest BCUT2D eigenvalue weighted by Crippen LogP contribution is -2.44. The molecule has 1 aromatic carbocycles. The van der Waals surface area contributed by atoms with Crippen LogP contribution in [0.5, 0.6) is 0 Å². The first kappa shape index (κ1) is 13.3. The zero-order chi connectivity index (χ0) is 14.8. The van der Waals surface area contributed by atoms with E-state index in [4.69, 9.17) is 5.26 Å². The maximum Gasteiger partial charge on any atom is 0.241 e. The summed E-state index contributed by atoms with van der Waals surface area (Å²) in [5.41, 5.74) is 2.23. The highest BCUT2D eigenvalue weighted by Gasteiger charge is 2.26. The Hall–Kier alpha value is -2.72. The molecule has 1 aromatic heterocycles. The number of halogens is 1. The van der Waals surface area contributed by atoms with E-state index in [9.17, 15) is 9.18 Å². The first-order chi connectivity index (χ1) is 10.2. The molecule has 0 bridgehead atoms. The number of aromatic nitrogens is 2. The molecule has 6 nitrogen and oxygen atoms in total. The zero-order valence-corrected chi connectivity index (χ0v) is 11.0. The summed E-state index contributed by atoms with van der Waals surface area (Å²) in [6.07, 6.45) is 2.06. The summed E-state index contributed by atoms with van der Waals surface area (Å²) in [7, 11) is 0. The minimum Gasteiger partial charge on any atom is -0.347 e. The molecule has 0 radical (unpaired) electrons. The SMILES string of the molecule is N#Cc1cc(F)ccc1NC(=O)C1Cc2nc[nH]c2CN1. The van der Waals surface area contributed by atoms with Crippen LogP contribution in [0.25, 0.3) is 0 Å². The summed E-state index contributed by atoms with van der Waals surface area (Å²) in [6, 6.07) is 5.11. The zero-order valence-electron chi connectivity index (χ0n) is 11.0. The van der Waals surface area contributed by atoms with Gasteiger partial charge in [0.25, 0.3) is 0 Å². The van der Waals surface area contributed by atoms with Gasteiger partial charge in [-0.1, -0.05) is 0 Å². The second kappa shape index (κ2) is 5.34. The van der Waals surface area contributed by atoms with Gasteiger partial charge in [0.05, 0.1) is 35.0 Å². The molecule has 1 amide bonds. The topological polar surface area (TPSA) is 93.6 Å². The van der Waals surface area contributed by atoms with Crippen molar-refractivity contribution in [3.05, 3.63) is 47.3 Å². The number of fused-ring (bicyclic) bond motifs is 1. The number of hydrogen-bond donors (Lipinski definition) is 3. The van der Waals surface area contributed by atoms with Gasteiger partial charge in [-0.05, 0) is 18.2 Å². The minimum atomic E-state index is -0.512. The molecule has 1 aliphatic heterocycles. The second-order valence-corrected chi connectivity index (χ2v) is 4.76.